The summed E-state index contributed by atoms with van der Waals surface area (Å²) < 4.78 is 250. The molecule has 6 N–H and O–H groups in total. The second-order valence-corrected chi connectivity index (χ2v) is 39.1. The van der Waals surface area contributed by atoms with Crippen molar-refractivity contribution in [3.05, 3.63) is 295 Å². The molecule has 0 fully saturated rings. The van der Waals surface area contributed by atoms with E-state index in [1.165, 1.54) is 148 Å². The van der Waals surface area contributed by atoms with Crippen molar-refractivity contribution in [2.24, 2.45) is 14.1 Å². The largest absolute Gasteiger partial charge is 1.00 e. The topological polar surface area (TPSA) is 704 Å². The Labute approximate surface area is 1040 Å². The first-order chi connectivity index (χ1) is 66.1. The number of fused-ring (bicyclic) bond motifs is 6. The molecule has 707 valence electrons. The zero-order valence-corrected chi connectivity index (χ0v) is 102. The molecule has 0 saturated heterocycles. The van der Waals surface area contributed by atoms with Crippen LogP contribution in [0.25, 0.3) is 65.6 Å². The normalized spacial score (nSPS) is 11.8. The standard InChI is InChI=1S/C90H60N14O30S6.9Na/c1-103-63-27-25-57(71-73(63)69(53-13-3-5-15-55(53)79(71)107)75(81(103)109)77(105)45-9-7-11-51(35-45)135(115,116)117)93-59-37-61(67(139(127,128)129)39-65(59)137(121,122)123)95-87-97-85(99-89(101-87)133-49-23-21-41-31-47(83(111)112)19-17-43(41)33-49)91-29-30-92-86-98-88(102-90(100-86)134-50-24-22-42-32-48(84(113)114)20-18-44(42)34-50)96-62-38-60(66(138(124,125)126)40-68(62)140(130,131)132)94-58-26-28-64-74-70(54-14-4-6-16-56(54)80(108)72(58)74)76(82(110)104(64)2)78(106)46-10-8-12-52(36-46)136(118,119)120;;;;;;;;;/h3-28,31-40,93-94H,29-30H2,1-2H3,(H,111,112)(H,113,114)(H,115,116,117)(H,118,119,120)(H,121,122,123)(H,124,125,126)(H,127,128,129)(H,130,131,132)(H2,91,95,97,99,101)(H2,92,96,98,100,102);;;;;;;;;/q;;8*+1/p-8. The maximum absolute atomic E-state index is 15.1. The van der Waals surface area contributed by atoms with Gasteiger partial charge in [0.2, 0.25) is 23.8 Å². The molecule has 4 heterocycles. The predicted molar refractivity (Wildman–Crippen MR) is 489 cm³/mol. The molecular formula is C90H52N14Na9O30S6. The number of aromatic nitrogens is 8. The van der Waals surface area contributed by atoms with Crippen molar-refractivity contribution in [1.82, 2.24) is 39.0 Å². The maximum atomic E-state index is 15.1. The van der Waals surface area contributed by atoms with E-state index in [-0.39, 0.29) is 356 Å². The first kappa shape index (κ1) is 125. The van der Waals surface area contributed by atoms with E-state index >= 15 is 9.59 Å². The Bertz CT molecular complexity index is 8750. The van der Waals surface area contributed by atoms with Gasteiger partial charge in [0.15, 0.2) is 23.1 Å². The number of ether oxygens (including phenoxy) is 2. The fraction of sp³-hybridized carbons (Fsp3) is 0.0444. The summed E-state index contributed by atoms with van der Waals surface area (Å²) in [5.74, 6) is -9.84. The van der Waals surface area contributed by atoms with Crippen LogP contribution in [0, 0.1) is 0 Å². The zero-order valence-electron chi connectivity index (χ0n) is 79.5. The van der Waals surface area contributed by atoms with Gasteiger partial charge in [-0.3, -0.25) is 28.8 Å². The Balaban J connectivity index is 0.00000274. The molecule has 59 heteroatoms. The van der Waals surface area contributed by atoms with Gasteiger partial charge in [0.05, 0.1) is 109 Å². The molecule has 18 rings (SSSR count). The molecule has 0 amide bonds. The van der Waals surface area contributed by atoms with Crippen LogP contribution in [-0.2, 0) is 74.8 Å². The number of hydrogen-bond donors (Lipinski definition) is 6. The predicted octanol–water partition coefficient (Wildman–Crippen LogP) is -17.2. The van der Waals surface area contributed by atoms with E-state index in [4.69, 9.17) is 9.47 Å². The zero-order chi connectivity index (χ0) is 99.8. The van der Waals surface area contributed by atoms with Crippen LogP contribution < -0.4 is 299 Å². The van der Waals surface area contributed by atoms with Crippen molar-refractivity contribution in [1.29, 1.82) is 0 Å². The molecule has 0 unspecified atom stereocenters. The Morgan fingerprint density at radius 3 is 0.960 bits per heavy atom. The van der Waals surface area contributed by atoms with Gasteiger partial charge in [0, 0.05) is 101 Å². The summed E-state index contributed by atoms with van der Waals surface area (Å²) in [5, 5.41) is 40.8. The number of hydrogen-bond acceptors (Lipinski definition) is 42. The van der Waals surface area contributed by atoms with Crippen LogP contribution in [0.2, 0.25) is 0 Å². The van der Waals surface area contributed by atoms with Crippen LogP contribution in [0.1, 0.15) is 84.4 Å². The number of carbonyl (C=O) groups is 6. The minimum absolute atomic E-state index is 0. The minimum atomic E-state index is -5.97. The number of carboxylic acid groups (broad SMARTS) is 2. The van der Waals surface area contributed by atoms with Crippen molar-refractivity contribution in [2.45, 2.75) is 29.4 Å². The van der Waals surface area contributed by atoms with Crippen LogP contribution in [-0.4, -0.2) is 195 Å². The van der Waals surface area contributed by atoms with Crippen molar-refractivity contribution in [2.75, 3.05) is 45.0 Å². The number of ketones is 4. The molecule has 1 radical (unpaired) electrons. The fourth-order valence-electron chi connectivity index (χ4n) is 16.2. The Morgan fingerprint density at radius 1 is 0.315 bits per heavy atom. The smallest absolute Gasteiger partial charge is 0.744 e. The number of carbonyl (C=O) groups excluding carboxylic acids is 6. The molecule has 0 saturated carbocycles. The number of nitrogens with one attached hydrogen (secondary N) is 6. The van der Waals surface area contributed by atoms with Gasteiger partial charge in [-0.25, -0.2) is 50.5 Å². The van der Waals surface area contributed by atoms with Gasteiger partial charge in [-0.15, -0.1) is 0 Å². The van der Waals surface area contributed by atoms with Crippen LogP contribution in [0.15, 0.2) is 257 Å². The van der Waals surface area contributed by atoms with Crippen molar-refractivity contribution >= 4 is 227 Å². The third-order valence-electron chi connectivity index (χ3n) is 22.4. The number of benzene rings is 12. The number of anilines is 10. The third-order valence-corrected chi connectivity index (χ3v) is 27.6. The van der Waals surface area contributed by atoms with Crippen LogP contribution >= 0.6 is 0 Å². The average Bonchev–Trinajstić information content (AvgIpc) is 0.706. The third kappa shape index (κ3) is 25.6. The molecule has 16 aromatic rings. The molecule has 0 atom stereocenters. The Kier molecular flexibility index (Phi) is 40.6. The molecule has 0 spiro atoms. The SMILES string of the molecule is Cn1c(=O)c(C(=O)c2cccc(S(=O)(=O)[O-])c2)c2c3c(c(Nc4cc(Nc5nc(NCCNc6nc(Nc7cc(Nc8ccc9c%10c8C(=O)c8ccccc8-c%10c(C(=O)c8cccc(S(=O)(=O)[O-])c8)c(=O)n9C)c(S(=O)(=O)[O-])cc7S(=O)(=O)[O-])nc(Oc7ccc8cc(C(=O)[O-])ccc8c7)n6)nc(Oc6ccc7cc(C(=O)[O-])ccc7c6)n5)c(S(=O)(=O)[O-])cc4S(=O)(=O)[O-])ccc31)C(=O)c1ccccc1-2.[Na+].[Na+].[Na+].[Na+].[Na+].[Na+].[Na+].[Na+].[Na]. The average molecular weight is 2210 g/mol. The molecular weight excluding hydrogens is 2160 g/mol. The number of aromatic carboxylic acids is 2. The molecule has 149 heavy (non-hydrogen) atoms. The van der Waals surface area contributed by atoms with Gasteiger partial charge < -0.3 is 97.6 Å². The monoisotopic (exact) mass is 2210 g/mol. The van der Waals surface area contributed by atoms with E-state index in [1.807, 2.05) is 0 Å². The Hall–Kier alpha value is -7.92. The number of carboxylic acids is 2. The molecule has 2 aliphatic rings. The minimum Gasteiger partial charge on any atom is -0.744 e. The van der Waals surface area contributed by atoms with E-state index in [0.717, 1.165) is 69.8 Å². The number of pyridine rings is 2. The number of aryl methyl sites for hydroxylation is 2. The first-order valence-corrected chi connectivity index (χ1v) is 48.6. The maximum Gasteiger partial charge on any atom is 1.00 e. The van der Waals surface area contributed by atoms with Crippen molar-refractivity contribution in [3.63, 3.8) is 0 Å². The molecule has 0 bridgehead atoms. The van der Waals surface area contributed by atoms with Gasteiger partial charge in [0.25, 0.3) is 11.1 Å². The summed E-state index contributed by atoms with van der Waals surface area (Å²) in [6.45, 7) is -0.868. The summed E-state index contributed by atoms with van der Waals surface area (Å²) in [4.78, 5) is 131. The van der Waals surface area contributed by atoms with Crippen molar-refractivity contribution in [3.8, 4) is 45.8 Å². The van der Waals surface area contributed by atoms with E-state index in [2.05, 4.69) is 61.8 Å². The molecule has 44 nitrogen and oxygen atoms in total. The van der Waals surface area contributed by atoms with Crippen LogP contribution in [0.4, 0.5) is 57.9 Å². The molecule has 4 aromatic heterocycles. The number of rotatable bonds is 29. The summed E-state index contributed by atoms with van der Waals surface area (Å²) in [6, 6.07) is 39.8. The first-order valence-electron chi connectivity index (χ1n) is 40.1. The van der Waals surface area contributed by atoms with E-state index in [1.54, 1.807) is 0 Å². The molecule has 12 aromatic carbocycles. The summed E-state index contributed by atoms with van der Waals surface area (Å²) >= 11 is 0. The van der Waals surface area contributed by atoms with Crippen LogP contribution in [0.5, 0.6) is 23.5 Å². The van der Waals surface area contributed by atoms with Crippen LogP contribution in [0.3, 0.4) is 0 Å². The summed E-state index contributed by atoms with van der Waals surface area (Å²) in [7, 11) is -31.8. The van der Waals surface area contributed by atoms with Crippen molar-refractivity contribution < 1.29 is 363 Å². The van der Waals surface area contributed by atoms with Gasteiger partial charge in [-0.05, 0) is 153 Å². The molecule has 2 aliphatic carbocycles. The number of nitrogens with zero attached hydrogens (tertiary/aromatic N) is 8. The second kappa shape index (κ2) is 48.6. The quantitative estimate of drug-likeness (QED) is 0.0110. The van der Waals surface area contributed by atoms with Gasteiger partial charge in [0.1, 0.15) is 72.2 Å². The van der Waals surface area contributed by atoms with Gasteiger partial charge >= 0.3 is 248 Å². The second-order valence-electron chi connectivity index (χ2n) is 31.0. The summed E-state index contributed by atoms with van der Waals surface area (Å²) in [6.07, 6.45) is 0. The molecule has 0 aliphatic heterocycles. The van der Waals surface area contributed by atoms with E-state index in [0.29, 0.717) is 33.7 Å². The summed E-state index contributed by atoms with van der Waals surface area (Å²) in [5.41, 5.74) is -10.8. The Morgan fingerprint density at radius 2 is 0.631 bits per heavy atom. The fourth-order valence-corrected chi connectivity index (χ4v) is 19.9. The van der Waals surface area contributed by atoms with E-state index in [9.17, 15) is 117 Å². The van der Waals surface area contributed by atoms with E-state index < -0.39 is 253 Å². The van der Waals surface area contributed by atoms with Gasteiger partial charge in [-0.2, -0.15) is 29.9 Å². The van der Waals surface area contributed by atoms with Gasteiger partial charge in [-0.1, -0.05) is 109 Å².